The van der Waals surface area contributed by atoms with Crippen molar-refractivity contribution in [2.24, 2.45) is 0 Å². The van der Waals surface area contributed by atoms with Gasteiger partial charge in [0.05, 0.1) is 0 Å². The number of hydrogen-bond acceptors (Lipinski definition) is 4. The van der Waals surface area contributed by atoms with Crippen molar-refractivity contribution in [2.75, 3.05) is 24.7 Å². The first-order valence-corrected chi connectivity index (χ1v) is 7.84. The number of nitrogens with one attached hydrogen (secondary N) is 1. The average Bonchev–Trinajstić information content (AvgIpc) is 2.74. The zero-order valence-electron chi connectivity index (χ0n) is 11.3. The molecule has 2 N–H and O–H groups in total. The molecule has 0 fully saturated rings. The first-order chi connectivity index (χ1) is 9.33. The van der Waals surface area contributed by atoms with Crippen molar-refractivity contribution in [1.82, 2.24) is 5.32 Å². The van der Waals surface area contributed by atoms with E-state index in [-0.39, 0.29) is 0 Å². The van der Waals surface area contributed by atoms with Gasteiger partial charge in [0.25, 0.3) is 0 Å². The molecule has 104 valence electrons. The molecule has 0 saturated carbocycles. The van der Waals surface area contributed by atoms with Gasteiger partial charge in [-0.2, -0.15) is 11.8 Å². The minimum atomic E-state index is 0.292. The molecule has 3 nitrogen and oxygen atoms in total. The maximum absolute atomic E-state index is 8.69. The first-order valence-electron chi connectivity index (χ1n) is 6.69. The van der Waals surface area contributed by atoms with Crippen LogP contribution in [-0.2, 0) is 6.54 Å². The molecule has 0 atom stereocenters. The number of aliphatic hydroxyl groups is 1. The molecule has 0 aliphatic carbocycles. The van der Waals surface area contributed by atoms with Gasteiger partial charge in [-0.05, 0) is 25.2 Å². The van der Waals surface area contributed by atoms with Gasteiger partial charge in [-0.25, -0.2) is 0 Å². The SMILES string of the molecule is Cc1oc2ccccc2c1CNCCSCCCO. The van der Waals surface area contributed by atoms with Crippen LogP contribution < -0.4 is 5.32 Å². The summed E-state index contributed by atoms with van der Waals surface area (Å²) in [6.07, 6.45) is 0.885. The Bertz CT molecular complexity index is 510. The van der Waals surface area contributed by atoms with Gasteiger partial charge < -0.3 is 14.8 Å². The Morgan fingerprint density at radius 2 is 2.11 bits per heavy atom. The first kappa shape index (κ1) is 14.4. The lowest BCUT2D eigenvalue weighted by molar-refractivity contribution is 0.296. The smallest absolute Gasteiger partial charge is 0.134 e. The number of fused-ring (bicyclic) bond motifs is 1. The number of thioether (sulfide) groups is 1. The molecule has 0 unspecified atom stereocenters. The van der Waals surface area contributed by atoms with Crippen LogP contribution in [0.25, 0.3) is 11.0 Å². The fraction of sp³-hybridized carbons (Fsp3) is 0.467. The lowest BCUT2D eigenvalue weighted by Crippen LogP contribution is -2.17. The summed E-state index contributed by atoms with van der Waals surface area (Å²) in [5, 5.41) is 13.3. The average molecular weight is 279 g/mol. The summed E-state index contributed by atoms with van der Waals surface area (Å²) < 4.78 is 5.74. The van der Waals surface area contributed by atoms with E-state index in [1.54, 1.807) is 0 Å². The van der Waals surface area contributed by atoms with E-state index >= 15 is 0 Å². The predicted octanol–water partition coefficient (Wildman–Crippen LogP) is 2.95. The molecule has 2 aromatic rings. The highest BCUT2D eigenvalue weighted by molar-refractivity contribution is 7.99. The Morgan fingerprint density at radius 3 is 2.95 bits per heavy atom. The highest BCUT2D eigenvalue weighted by Gasteiger charge is 2.09. The normalized spacial score (nSPS) is 11.3. The monoisotopic (exact) mass is 279 g/mol. The van der Waals surface area contributed by atoms with Crippen LogP contribution in [-0.4, -0.2) is 29.8 Å². The van der Waals surface area contributed by atoms with Crippen LogP contribution in [0.2, 0.25) is 0 Å². The Balaban J connectivity index is 1.80. The van der Waals surface area contributed by atoms with E-state index in [0.29, 0.717) is 6.61 Å². The van der Waals surface area contributed by atoms with Crippen LogP contribution in [0, 0.1) is 6.92 Å². The lowest BCUT2D eigenvalue weighted by atomic mass is 10.1. The van der Waals surface area contributed by atoms with Gasteiger partial charge in [0.1, 0.15) is 11.3 Å². The number of para-hydroxylation sites is 1. The molecule has 4 heteroatoms. The van der Waals surface area contributed by atoms with Crippen LogP contribution in [0.3, 0.4) is 0 Å². The summed E-state index contributed by atoms with van der Waals surface area (Å²) in [7, 11) is 0. The van der Waals surface area contributed by atoms with Gasteiger partial charge in [-0.1, -0.05) is 18.2 Å². The summed E-state index contributed by atoms with van der Waals surface area (Å²) in [5.41, 5.74) is 2.23. The Labute approximate surface area is 118 Å². The molecule has 0 spiro atoms. The van der Waals surface area contributed by atoms with E-state index < -0.39 is 0 Å². The van der Waals surface area contributed by atoms with Gasteiger partial charge >= 0.3 is 0 Å². The van der Waals surface area contributed by atoms with Gasteiger partial charge in [-0.15, -0.1) is 0 Å². The number of aryl methyl sites for hydroxylation is 1. The van der Waals surface area contributed by atoms with Crippen molar-refractivity contribution in [3.8, 4) is 0 Å². The summed E-state index contributed by atoms with van der Waals surface area (Å²) in [6, 6.07) is 8.17. The number of hydrogen-bond donors (Lipinski definition) is 2. The Hall–Kier alpha value is -0.970. The second-order valence-electron chi connectivity index (χ2n) is 4.50. The third-order valence-electron chi connectivity index (χ3n) is 3.07. The van der Waals surface area contributed by atoms with Gasteiger partial charge in [-0.3, -0.25) is 0 Å². The fourth-order valence-electron chi connectivity index (χ4n) is 2.07. The molecule has 0 aliphatic rings. The van der Waals surface area contributed by atoms with E-state index in [1.165, 1.54) is 10.9 Å². The van der Waals surface area contributed by atoms with E-state index in [4.69, 9.17) is 9.52 Å². The number of furan rings is 1. The fourth-order valence-corrected chi connectivity index (χ4v) is 2.89. The number of rotatable bonds is 8. The molecule has 2 rings (SSSR count). The van der Waals surface area contributed by atoms with Crippen LogP contribution >= 0.6 is 11.8 Å². The quantitative estimate of drug-likeness (QED) is 0.729. The van der Waals surface area contributed by atoms with Crippen molar-refractivity contribution < 1.29 is 9.52 Å². The van der Waals surface area contributed by atoms with E-state index in [0.717, 1.165) is 42.4 Å². The molecule has 0 amide bonds. The van der Waals surface area contributed by atoms with Crippen LogP contribution in [0.5, 0.6) is 0 Å². The van der Waals surface area contributed by atoms with Crippen LogP contribution in [0.1, 0.15) is 17.7 Å². The Morgan fingerprint density at radius 1 is 1.26 bits per heavy atom. The predicted molar refractivity (Wildman–Crippen MR) is 81.7 cm³/mol. The Kier molecular flexibility index (Phi) is 5.76. The second kappa shape index (κ2) is 7.58. The second-order valence-corrected chi connectivity index (χ2v) is 5.72. The zero-order chi connectivity index (χ0) is 13.5. The largest absolute Gasteiger partial charge is 0.461 e. The van der Waals surface area contributed by atoms with Gasteiger partial charge in [0.2, 0.25) is 0 Å². The standard InChI is InChI=1S/C15H21NO2S/c1-12-14(11-16-7-10-19-9-4-8-17)13-5-2-3-6-15(13)18-12/h2-3,5-6,16-17H,4,7-11H2,1H3. The number of aliphatic hydroxyl groups excluding tert-OH is 1. The maximum Gasteiger partial charge on any atom is 0.134 e. The molecule has 0 saturated heterocycles. The third kappa shape index (κ3) is 4.00. The molecular weight excluding hydrogens is 258 g/mol. The van der Waals surface area contributed by atoms with Gasteiger partial charge in [0.15, 0.2) is 0 Å². The summed E-state index contributed by atoms with van der Waals surface area (Å²) in [4.78, 5) is 0. The minimum absolute atomic E-state index is 0.292. The summed E-state index contributed by atoms with van der Waals surface area (Å²) in [6.45, 7) is 4.14. The molecule has 1 aromatic heterocycles. The lowest BCUT2D eigenvalue weighted by Gasteiger charge is -2.04. The molecule has 1 aromatic carbocycles. The molecule has 0 aliphatic heterocycles. The molecule has 1 heterocycles. The van der Waals surface area contributed by atoms with Gasteiger partial charge in [0, 0.05) is 36.4 Å². The highest BCUT2D eigenvalue weighted by atomic mass is 32.2. The maximum atomic E-state index is 8.69. The van der Waals surface area contributed by atoms with Crippen molar-refractivity contribution in [1.29, 1.82) is 0 Å². The summed E-state index contributed by atoms with van der Waals surface area (Å²) >= 11 is 1.88. The number of benzene rings is 1. The molecular formula is C15H21NO2S. The molecule has 0 radical (unpaired) electrons. The van der Waals surface area contributed by atoms with Crippen molar-refractivity contribution in [3.63, 3.8) is 0 Å². The van der Waals surface area contributed by atoms with Crippen LogP contribution in [0.15, 0.2) is 28.7 Å². The van der Waals surface area contributed by atoms with Crippen molar-refractivity contribution >= 4 is 22.7 Å². The zero-order valence-corrected chi connectivity index (χ0v) is 12.1. The topological polar surface area (TPSA) is 45.4 Å². The van der Waals surface area contributed by atoms with E-state index in [2.05, 4.69) is 11.4 Å². The van der Waals surface area contributed by atoms with E-state index in [9.17, 15) is 0 Å². The minimum Gasteiger partial charge on any atom is -0.461 e. The van der Waals surface area contributed by atoms with Crippen molar-refractivity contribution in [3.05, 3.63) is 35.6 Å². The molecule has 19 heavy (non-hydrogen) atoms. The molecule has 0 bridgehead atoms. The highest BCUT2D eigenvalue weighted by Crippen LogP contribution is 2.24. The van der Waals surface area contributed by atoms with Crippen molar-refractivity contribution in [2.45, 2.75) is 19.9 Å². The summed E-state index contributed by atoms with van der Waals surface area (Å²) in [5.74, 6) is 3.11. The van der Waals surface area contributed by atoms with Crippen LogP contribution in [0.4, 0.5) is 0 Å². The third-order valence-corrected chi connectivity index (χ3v) is 4.14. The van der Waals surface area contributed by atoms with E-state index in [1.807, 2.05) is 36.9 Å².